The van der Waals surface area contributed by atoms with Crippen molar-refractivity contribution >= 4 is 17.7 Å². The van der Waals surface area contributed by atoms with Gasteiger partial charge in [0, 0.05) is 12.0 Å². The van der Waals surface area contributed by atoms with Crippen LogP contribution < -0.4 is 5.32 Å². The highest BCUT2D eigenvalue weighted by atomic mass is 16.4. The molecule has 3 N–H and O–H groups in total. The molecule has 104 valence electrons. The Labute approximate surface area is 106 Å². The summed E-state index contributed by atoms with van der Waals surface area (Å²) in [7, 11) is 0. The van der Waals surface area contributed by atoms with Gasteiger partial charge in [-0.05, 0) is 6.42 Å². The molecule has 0 aliphatic rings. The summed E-state index contributed by atoms with van der Waals surface area (Å²) in [5, 5.41) is 20.6. The van der Waals surface area contributed by atoms with Gasteiger partial charge in [-0.3, -0.25) is 14.4 Å². The van der Waals surface area contributed by atoms with Crippen LogP contribution in [0.3, 0.4) is 0 Å². The summed E-state index contributed by atoms with van der Waals surface area (Å²) in [5.41, 5.74) is 0. The number of Topliss-reactive ketones (excluding diaryl/α,β-unsaturated/α-hetero) is 1. The van der Waals surface area contributed by atoms with Gasteiger partial charge in [0.1, 0.15) is 0 Å². The summed E-state index contributed by atoms with van der Waals surface area (Å²) < 4.78 is 0. The predicted molar refractivity (Wildman–Crippen MR) is 65.3 cm³/mol. The molecule has 0 rings (SSSR count). The Balaban J connectivity index is 4.92. The second kappa shape index (κ2) is 7.10. The minimum absolute atomic E-state index is 0.0269. The molecule has 0 aromatic rings. The number of hydrogen-bond acceptors (Lipinski definition) is 4. The normalized spacial score (nSPS) is 13.1. The van der Waals surface area contributed by atoms with Gasteiger partial charge in [0.25, 0.3) is 0 Å². The molecule has 0 aromatic carbocycles. The van der Waals surface area contributed by atoms with Gasteiger partial charge in [0.15, 0.2) is 11.7 Å². The monoisotopic (exact) mass is 259 g/mol. The largest absolute Gasteiger partial charge is 0.481 e. The van der Waals surface area contributed by atoms with Crippen LogP contribution in [0.2, 0.25) is 0 Å². The van der Waals surface area contributed by atoms with E-state index in [1.807, 2.05) is 13.8 Å². The molecule has 0 saturated carbocycles. The molecule has 6 heteroatoms. The Hall–Kier alpha value is -1.43. The van der Waals surface area contributed by atoms with E-state index in [1.165, 1.54) is 0 Å². The zero-order valence-electron chi connectivity index (χ0n) is 11.1. The van der Waals surface area contributed by atoms with E-state index in [0.717, 1.165) is 0 Å². The Kier molecular flexibility index (Phi) is 6.54. The van der Waals surface area contributed by atoms with E-state index < -0.39 is 23.9 Å². The number of rotatable bonds is 8. The van der Waals surface area contributed by atoms with Gasteiger partial charge in [0.05, 0.1) is 6.04 Å². The molecule has 0 aliphatic carbocycles. The predicted octanol–water partition coefficient (Wildman–Crippen LogP) is 0.754. The number of hydrogen-bond donors (Lipinski definition) is 3. The standard InChI is InChI=1S/C12H21NO5/c1-6(2)10(14)9(13-7(3)4)5-8(11(15)16)12(17)18/h6-9,13H,5H2,1-4H3,(H,15,16)(H,17,18)/t9-/m0/s1. The van der Waals surface area contributed by atoms with Crippen molar-refractivity contribution in [1.29, 1.82) is 0 Å². The van der Waals surface area contributed by atoms with Gasteiger partial charge < -0.3 is 15.5 Å². The summed E-state index contributed by atoms with van der Waals surface area (Å²) in [6.45, 7) is 7.04. The van der Waals surface area contributed by atoms with Crippen LogP contribution in [0.5, 0.6) is 0 Å². The van der Waals surface area contributed by atoms with E-state index in [4.69, 9.17) is 10.2 Å². The molecule has 0 aliphatic heterocycles. The number of carbonyl (C=O) groups excluding carboxylic acids is 1. The average molecular weight is 259 g/mol. The first-order valence-corrected chi connectivity index (χ1v) is 5.92. The minimum atomic E-state index is -1.57. The topological polar surface area (TPSA) is 104 Å². The highest BCUT2D eigenvalue weighted by Gasteiger charge is 2.33. The van der Waals surface area contributed by atoms with E-state index in [-0.39, 0.29) is 24.2 Å². The molecule has 0 amide bonds. The Morgan fingerprint density at radius 3 is 1.72 bits per heavy atom. The molecule has 0 bridgehead atoms. The maximum Gasteiger partial charge on any atom is 0.317 e. The third kappa shape index (κ3) is 5.27. The van der Waals surface area contributed by atoms with Crippen molar-refractivity contribution in [2.24, 2.45) is 11.8 Å². The summed E-state index contributed by atoms with van der Waals surface area (Å²) in [4.78, 5) is 33.6. The lowest BCUT2D eigenvalue weighted by molar-refractivity contribution is -0.155. The third-order valence-corrected chi connectivity index (χ3v) is 2.51. The van der Waals surface area contributed by atoms with Gasteiger partial charge in [-0.1, -0.05) is 27.7 Å². The number of aliphatic carboxylic acids is 2. The maximum absolute atomic E-state index is 11.9. The van der Waals surface area contributed by atoms with Crippen molar-refractivity contribution < 1.29 is 24.6 Å². The zero-order chi connectivity index (χ0) is 14.5. The quantitative estimate of drug-likeness (QED) is 0.556. The summed E-state index contributed by atoms with van der Waals surface area (Å²) >= 11 is 0. The van der Waals surface area contributed by atoms with E-state index in [1.54, 1.807) is 13.8 Å². The Morgan fingerprint density at radius 2 is 1.44 bits per heavy atom. The van der Waals surface area contributed by atoms with Crippen LogP contribution in [0.25, 0.3) is 0 Å². The number of nitrogens with one attached hydrogen (secondary N) is 1. The molecule has 0 spiro atoms. The average Bonchev–Trinajstić information content (AvgIpc) is 2.21. The molecule has 6 nitrogen and oxygen atoms in total. The molecule has 0 unspecified atom stereocenters. The lowest BCUT2D eigenvalue weighted by atomic mass is 9.92. The Bertz CT molecular complexity index is 310. The van der Waals surface area contributed by atoms with Crippen molar-refractivity contribution in [3.05, 3.63) is 0 Å². The number of carboxylic acid groups (broad SMARTS) is 2. The van der Waals surface area contributed by atoms with Gasteiger partial charge in [-0.25, -0.2) is 0 Å². The Morgan fingerprint density at radius 1 is 1.00 bits per heavy atom. The van der Waals surface area contributed by atoms with Gasteiger partial charge in [-0.15, -0.1) is 0 Å². The fourth-order valence-corrected chi connectivity index (χ4v) is 1.61. The number of ketones is 1. The van der Waals surface area contributed by atoms with Crippen LogP contribution in [0, 0.1) is 11.8 Å². The van der Waals surface area contributed by atoms with Crippen molar-refractivity contribution in [1.82, 2.24) is 5.32 Å². The highest BCUT2D eigenvalue weighted by molar-refractivity contribution is 5.94. The van der Waals surface area contributed by atoms with Crippen LogP contribution in [-0.4, -0.2) is 40.0 Å². The number of carboxylic acids is 2. The molecule has 0 heterocycles. The van der Waals surface area contributed by atoms with Gasteiger partial charge in [-0.2, -0.15) is 0 Å². The van der Waals surface area contributed by atoms with E-state index in [9.17, 15) is 14.4 Å². The third-order valence-electron chi connectivity index (χ3n) is 2.51. The first kappa shape index (κ1) is 16.6. The van der Waals surface area contributed by atoms with E-state index in [2.05, 4.69) is 5.32 Å². The molecular weight excluding hydrogens is 238 g/mol. The zero-order valence-corrected chi connectivity index (χ0v) is 11.1. The molecule has 1 atom stereocenters. The molecule has 0 aromatic heterocycles. The highest BCUT2D eigenvalue weighted by Crippen LogP contribution is 2.13. The maximum atomic E-state index is 11.9. The fourth-order valence-electron chi connectivity index (χ4n) is 1.61. The lowest BCUT2D eigenvalue weighted by Crippen LogP contribution is -2.45. The van der Waals surface area contributed by atoms with E-state index >= 15 is 0 Å². The summed E-state index contributed by atoms with van der Waals surface area (Å²) in [5.74, 6) is -4.85. The SMILES string of the molecule is CC(C)N[C@@H](CC(C(=O)O)C(=O)O)C(=O)C(C)C. The van der Waals surface area contributed by atoms with Crippen molar-refractivity contribution in [2.45, 2.75) is 46.2 Å². The molecule has 0 fully saturated rings. The van der Waals surface area contributed by atoms with Crippen molar-refractivity contribution in [3.63, 3.8) is 0 Å². The van der Waals surface area contributed by atoms with E-state index in [0.29, 0.717) is 0 Å². The smallest absolute Gasteiger partial charge is 0.317 e. The van der Waals surface area contributed by atoms with Crippen LogP contribution >= 0.6 is 0 Å². The van der Waals surface area contributed by atoms with Crippen LogP contribution in [-0.2, 0) is 14.4 Å². The van der Waals surface area contributed by atoms with Crippen molar-refractivity contribution in [3.8, 4) is 0 Å². The molecule has 18 heavy (non-hydrogen) atoms. The van der Waals surface area contributed by atoms with Crippen LogP contribution in [0.15, 0.2) is 0 Å². The van der Waals surface area contributed by atoms with Crippen LogP contribution in [0.4, 0.5) is 0 Å². The van der Waals surface area contributed by atoms with Gasteiger partial charge in [0.2, 0.25) is 0 Å². The fraction of sp³-hybridized carbons (Fsp3) is 0.750. The second-order valence-corrected chi connectivity index (χ2v) is 4.90. The summed E-state index contributed by atoms with van der Waals surface area (Å²) in [6.07, 6.45) is -0.236. The molecule has 0 saturated heterocycles. The van der Waals surface area contributed by atoms with Crippen molar-refractivity contribution in [2.75, 3.05) is 0 Å². The molecular formula is C12H21NO5. The first-order chi connectivity index (χ1) is 8.16. The lowest BCUT2D eigenvalue weighted by Gasteiger charge is -2.23. The summed E-state index contributed by atoms with van der Waals surface area (Å²) in [6, 6.07) is -0.775. The minimum Gasteiger partial charge on any atom is -0.481 e. The van der Waals surface area contributed by atoms with Crippen LogP contribution in [0.1, 0.15) is 34.1 Å². The van der Waals surface area contributed by atoms with Gasteiger partial charge >= 0.3 is 11.9 Å². The molecule has 0 radical (unpaired) electrons. The second-order valence-electron chi connectivity index (χ2n) is 4.90. The first-order valence-electron chi connectivity index (χ1n) is 5.92. The number of carbonyl (C=O) groups is 3.